The van der Waals surface area contributed by atoms with Gasteiger partial charge in [0.15, 0.2) is 6.61 Å². The number of imidazole rings is 1. The maximum absolute atomic E-state index is 5.66. The fraction of sp³-hybridized carbons (Fsp3) is 0.211. The second-order valence-corrected chi connectivity index (χ2v) is 5.71. The summed E-state index contributed by atoms with van der Waals surface area (Å²) in [4.78, 5) is 8.82. The van der Waals surface area contributed by atoms with Gasteiger partial charge in [-0.1, -0.05) is 5.16 Å². The number of benzene rings is 2. The zero-order chi connectivity index (χ0) is 17.9. The third kappa shape index (κ3) is 3.11. The molecule has 7 heteroatoms. The van der Waals surface area contributed by atoms with Crippen LogP contribution in [0.15, 0.2) is 53.3 Å². The third-order valence-corrected chi connectivity index (χ3v) is 4.11. The topological polar surface area (TPSA) is 75.2 Å². The van der Waals surface area contributed by atoms with Gasteiger partial charge in [0.1, 0.15) is 11.5 Å². The fourth-order valence-electron chi connectivity index (χ4n) is 2.70. The van der Waals surface area contributed by atoms with Gasteiger partial charge in [0.2, 0.25) is 5.82 Å². The van der Waals surface area contributed by atoms with Crippen LogP contribution in [-0.2, 0) is 13.2 Å². The molecule has 0 saturated heterocycles. The molecule has 2 aromatic heterocycles. The first kappa shape index (κ1) is 16.1. The maximum atomic E-state index is 5.66. The lowest BCUT2D eigenvalue weighted by atomic mass is 10.2. The van der Waals surface area contributed by atoms with Crippen molar-refractivity contribution in [3.05, 3.63) is 54.7 Å². The zero-order valence-corrected chi connectivity index (χ0v) is 14.5. The van der Waals surface area contributed by atoms with Gasteiger partial charge >= 0.3 is 0 Å². The minimum Gasteiger partial charge on any atom is -0.497 e. The average Bonchev–Trinajstić information content (AvgIpc) is 3.33. The minimum absolute atomic E-state index is 0.200. The second-order valence-electron chi connectivity index (χ2n) is 5.71. The summed E-state index contributed by atoms with van der Waals surface area (Å²) in [6.07, 6.45) is 1.83. The Hall–Kier alpha value is -3.35. The van der Waals surface area contributed by atoms with E-state index in [1.807, 2.05) is 48.8 Å². The van der Waals surface area contributed by atoms with Crippen LogP contribution in [-0.4, -0.2) is 26.8 Å². The fourth-order valence-corrected chi connectivity index (χ4v) is 2.70. The van der Waals surface area contributed by atoms with Gasteiger partial charge in [-0.2, -0.15) is 4.98 Å². The van der Waals surface area contributed by atoms with Crippen LogP contribution in [0, 0.1) is 0 Å². The van der Waals surface area contributed by atoms with Gasteiger partial charge in [0.05, 0.1) is 24.5 Å². The zero-order valence-electron chi connectivity index (χ0n) is 14.5. The van der Waals surface area contributed by atoms with E-state index in [9.17, 15) is 0 Å². The molecule has 2 heterocycles. The third-order valence-electron chi connectivity index (χ3n) is 4.11. The summed E-state index contributed by atoms with van der Waals surface area (Å²) in [5.74, 6) is 2.41. The Labute approximate surface area is 150 Å². The number of methoxy groups -OCH3 is 1. The lowest BCUT2D eigenvalue weighted by Gasteiger charge is -2.04. The van der Waals surface area contributed by atoms with Gasteiger partial charge < -0.3 is 18.6 Å². The normalized spacial score (nSPS) is 11.0. The van der Waals surface area contributed by atoms with Crippen LogP contribution in [0.5, 0.6) is 11.5 Å². The smallest absolute Gasteiger partial charge is 0.264 e. The monoisotopic (exact) mass is 350 g/mol. The lowest BCUT2D eigenvalue weighted by molar-refractivity contribution is 0.242. The van der Waals surface area contributed by atoms with Crippen LogP contribution in [0.2, 0.25) is 0 Å². The first-order chi connectivity index (χ1) is 12.8. The molecule has 2 aromatic carbocycles. The number of aromatic nitrogens is 4. The molecule has 26 heavy (non-hydrogen) atoms. The Bertz CT molecular complexity index is 1020. The van der Waals surface area contributed by atoms with E-state index >= 15 is 0 Å². The van der Waals surface area contributed by atoms with Crippen LogP contribution >= 0.6 is 0 Å². The number of aryl methyl sites for hydroxylation is 1. The Morgan fingerprint density at radius 3 is 2.65 bits per heavy atom. The van der Waals surface area contributed by atoms with Crippen LogP contribution in [0.4, 0.5) is 0 Å². The van der Waals surface area contributed by atoms with Crippen molar-refractivity contribution in [2.24, 2.45) is 0 Å². The molecule has 0 saturated carbocycles. The van der Waals surface area contributed by atoms with Gasteiger partial charge in [-0.25, -0.2) is 4.98 Å². The molecule has 132 valence electrons. The van der Waals surface area contributed by atoms with E-state index in [2.05, 4.69) is 26.6 Å². The highest BCUT2D eigenvalue weighted by atomic mass is 16.5. The van der Waals surface area contributed by atoms with Crippen LogP contribution < -0.4 is 9.47 Å². The predicted molar refractivity (Wildman–Crippen MR) is 96.0 cm³/mol. The van der Waals surface area contributed by atoms with Crippen molar-refractivity contribution < 1.29 is 14.0 Å². The lowest BCUT2D eigenvalue weighted by Crippen LogP contribution is -1.95. The number of rotatable bonds is 6. The molecule has 0 aliphatic carbocycles. The SMILES string of the molecule is CCn1cnc2cc(-c3noc(COc4ccc(OC)cc4)n3)ccc21. The Morgan fingerprint density at radius 1 is 1.08 bits per heavy atom. The van der Waals surface area contributed by atoms with Crippen molar-refractivity contribution in [2.45, 2.75) is 20.1 Å². The summed E-state index contributed by atoms with van der Waals surface area (Å²) >= 11 is 0. The van der Waals surface area contributed by atoms with Gasteiger partial charge in [-0.05, 0) is 49.4 Å². The minimum atomic E-state index is 0.200. The molecule has 0 aliphatic heterocycles. The van der Waals surface area contributed by atoms with Gasteiger partial charge in [0, 0.05) is 12.1 Å². The molecule has 4 aromatic rings. The molecule has 0 amide bonds. The molecule has 7 nitrogen and oxygen atoms in total. The summed E-state index contributed by atoms with van der Waals surface area (Å²) < 4.78 is 18.2. The number of hydrogen-bond acceptors (Lipinski definition) is 6. The van der Waals surface area contributed by atoms with E-state index in [-0.39, 0.29) is 6.61 Å². The molecule has 0 radical (unpaired) electrons. The van der Waals surface area contributed by atoms with Crippen molar-refractivity contribution in [1.29, 1.82) is 0 Å². The van der Waals surface area contributed by atoms with Gasteiger partial charge in [0.25, 0.3) is 5.89 Å². The quantitative estimate of drug-likeness (QED) is 0.528. The van der Waals surface area contributed by atoms with E-state index in [1.54, 1.807) is 7.11 Å². The van der Waals surface area contributed by atoms with E-state index in [4.69, 9.17) is 14.0 Å². The molecule has 0 aliphatic rings. The summed E-state index contributed by atoms with van der Waals surface area (Å²) in [5.41, 5.74) is 2.85. The number of nitrogens with zero attached hydrogens (tertiary/aromatic N) is 4. The highest BCUT2D eigenvalue weighted by Crippen LogP contribution is 2.23. The van der Waals surface area contributed by atoms with E-state index in [0.717, 1.165) is 28.9 Å². The van der Waals surface area contributed by atoms with Crippen molar-refractivity contribution in [3.63, 3.8) is 0 Å². The maximum Gasteiger partial charge on any atom is 0.264 e. The average molecular weight is 350 g/mol. The van der Waals surface area contributed by atoms with Crippen molar-refractivity contribution in [1.82, 2.24) is 19.7 Å². The molecule has 0 N–H and O–H groups in total. The molecule has 0 bridgehead atoms. The standard InChI is InChI=1S/C19H18N4O3/c1-3-23-12-20-16-10-13(4-9-17(16)23)19-21-18(26-22-19)11-25-15-7-5-14(24-2)6-8-15/h4-10,12H,3,11H2,1-2H3. The molecule has 4 rings (SSSR count). The summed E-state index contributed by atoms with van der Waals surface area (Å²) in [7, 11) is 1.62. The molecule has 0 fully saturated rings. The van der Waals surface area contributed by atoms with Crippen molar-refractivity contribution >= 4 is 11.0 Å². The van der Waals surface area contributed by atoms with Crippen molar-refractivity contribution in [3.8, 4) is 22.9 Å². The van der Waals surface area contributed by atoms with Gasteiger partial charge in [-0.3, -0.25) is 0 Å². The first-order valence-electron chi connectivity index (χ1n) is 8.31. The highest BCUT2D eigenvalue weighted by molar-refractivity contribution is 5.80. The second kappa shape index (κ2) is 6.87. The van der Waals surface area contributed by atoms with E-state index in [1.165, 1.54) is 0 Å². The van der Waals surface area contributed by atoms with E-state index < -0.39 is 0 Å². The largest absolute Gasteiger partial charge is 0.497 e. The predicted octanol–water partition coefficient (Wildman–Crippen LogP) is 3.69. The Balaban J connectivity index is 1.48. The van der Waals surface area contributed by atoms with Crippen LogP contribution in [0.3, 0.4) is 0 Å². The molecule has 0 atom stereocenters. The number of fused-ring (bicyclic) bond motifs is 1. The first-order valence-corrected chi connectivity index (χ1v) is 8.31. The Kier molecular flexibility index (Phi) is 4.27. The summed E-state index contributed by atoms with van der Waals surface area (Å²) in [6, 6.07) is 13.3. The van der Waals surface area contributed by atoms with Crippen molar-refractivity contribution in [2.75, 3.05) is 7.11 Å². The molecular weight excluding hydrogens is 332 g/mol. The Morgan fingerprint density at radius 2 is 1.88 bits per heavy atom. The summed E-state index contributed by atoms with van der Waals surface area (Å²) in [5, 5.41) is 4.04. The van der Waals surface area contributed by atoms with Crippen LogP contribution in [0.1, 0.15) is 12.8 Å². The molecule has 0 unspecified atom stereocenters. The molecule has 0 spiro atoms. The highest BCUT2D eigenvalue weighted by Gasteiger charge is 2.11. The number of ether oxygens (including phenoxy) is 2. The van der Waals surface area contributed by atoms with E-state index in [0.29, 0.717) is 17.5 Å². The summed E-state index contributed by atoms with van der Waals surface area (Å²) in [6.45, 7) is 3.17. The van der Waals surface area contributed by atoms with Crippen LogP contribution in [0.25, 0.3) is 22.4 Å². The number of hydrogen-bond donors (Lipinski definition) is 0. The van der Waals surface area contributed by atoms with Gasteiger partial charge in [-0.15, -0.1) is 0 Å². The molecular formula is C19H18N4O3.